The van der Waals surface area contributed by atoms with Gasteiger partial charge in [-0.05, 0) is 56.4 Å². The lowest BCUT2D eigenvalue weighted by Crippen LogP contribution is -2.24. The van der Waals surface area contributed by atoms with Gasteiger partial charge in [-0.3, -0.25) is 4.79 Å². The zero-order valence-corrected chi connectivity index (χ0v) is 17.9. The molecule has 1 aromatic carbocycles. The fourth-order valence-corrected chi connectivity index (χ4v) is 3.29. The number of hydrogen-bond donors (Lipinski definition) is 2. The van der Waals surface area contributed by atoms with Crippen LogP contribution in [0.2, 0.25) is 0 Å². The summed E-state index contributed by atoms with van der Waals surface area (Å²) in [5.74, 6) is 0.121. The summed E-state index contributed by atoms with van der Waals surface area (Å²) in [5, 5.41) is 12.2. The molecule has 1 aromatic rings. The van der Waals surface area contributed by atoms with Crippen molar-refractivity contribution in [3.63, 3.8) is 0 Å². The van der Waals surface area contributed by atoms with Crippen LogP contribution in [0, 0.1) is 0 Å². The van der Waals surface area contributed by atoms with E-state index in [1.54, 1.807) is 12.1 Å². The van der Waals surface area contributed by atoms with E-state index in [2.05, 4.69) is 24.4 Å². The van der Waals surface area contributed by atoms with Gasteiger partial charge in [0.05, 0.1) is 0 Å². The van der Waals surface area contributed by atoms with E-state index in [9.17, 15) is 9.90 Å². The molecular weight excluding hydrogens is 346 g/mol. The Bertz CT molecular complexity index is 522. The van der Waals surface area contributed by atoms with Gasteiger partial charge in [0.25, 0.3) is 5.91 Å². The lowest BCUT2D eigenvalue weighted by molar-refractivity contribution is 0.0953. The second kappa shape index (κ2) is 17.3. The third-order valence-corrected chi connectivity index (χ3v) is 5.10. The molecule has 3 heteroatoms. The molecule has 2 N–H and O–H groups in total. The van der Waals surface area contributed by atoms with E-state index in [0.717, 1.165) is 19.4 Å². The molecule has 0 heterocycles. The molecule has 0 aromatic heterocycles. The molecule has 0 spiro atoms. The van der Waals surface area contributed by atoms with Crippen molar-refractivity contribution in [2.75, 3.05) is 6.54 Å². The highest BCUT2D eigenvalue weighted by atomic mass is 16.3. The number of aromatic hydroxyl groups is 1. The molecule has 1 rings (SSSR count). The Morgan fingerprint density at radius 2 is 1.29 bits per heavy atom. The lowest BCUT2D eigenvalue weighted by atomic mass is 10.1. The van der Waals surface area contributed by atoms with E-state index in [-0.39, 0.29) is 11.7 Å². The molecule has 0 aliphatic carbocycles. The van der Waals surface area contributed by atoms with Crippen LogP contribution in [0.5, 0.6) is 5.75 Å². The van der Waals surface area contributed by atoms with E-state index in [0.29, 0.717) is 5.56 Å². The van der Waals surface area contributed by atoms with Gasteiger partial charge in [-0.1, -0.05) is 76.9 Å². The van der Waals surface area contributed by atoms with Gasteiger partial charge in [0.1, 0.15) is 5.75 Å². The van der Waals surface area contributed by atoms with Gasteiger partial charge in [0.2, 0.25) is 0 Å². The molecular formula is C25H41NO2. The SMILES string of the molecule is CCCCCCCCC/C=C/CCCCCCCNC(=O)c1ccc(O)cc1. The third-order valence-electron chi connectivity index (χ3n) is 5.10. The van der Waals surface area contributed by atoms with Gasteiger partial charge in [0.15, 0.2) is 0 Å². The van der Waals surface area contributed by atoms with E-state index >= 15 is 0 Å². The number of carbonyl (C=O) groups is 1. The topological polar surface area (TPSA) is 49.3 Å². The van der Waals surface area contributed by atoms with Crippen molar-refractivity contribution in [3.05, 3.63) is 42.0 Å². The van der Waals surface area contributed by atoms with Crippen molar-refractivity contribution in [2.24, 2.45) is 0 Å². The summed E-state index contributed by atoms with van der Waals surface area (Å²) >= 11 is 0. The average Bonchev–Trinajstić information content (AvgIpc) is 2.70. The number of phenols is 1. The summed E-state index contributed by atoms with van der Waals surface area (Å²) in [5.41, 5.74) is 0.598. The molecule has 0 fully saturated rings. The number of amides is 1. The molecule has 0 saturated carbocycles. The number of phenolic OH excluding ortho intramolecular Hbond substituents is 1. The van der Waals surface area contributed by atoms with Gasteiger partial charge in [0, 0.05) is 12.1 Å². The molecule has 1 amide bonds. The summed E-state index contributed by atoms with van der Waals surface area (Å²) in [4.78, 5) is 11.9. The molecule has 0 aliphatic rings. The van der Waals surface area contributed by atoms with Gasteiger partial charge >= 0.3 is 0 Å². The zero-order chi connectivity index (χ0) is 20.3. The molecule has 0 atom stereocenters. The second-order valence-electron chi connectivity index (χ2n) is 7.74. The van der Waals surface area contributed by atoms with Crippen molar-refractivity contribution < 1.29 is 9.90 Å². The molecule has 158 valence electrons. The minimum absolute atomic E-state index is 0.0638. The Kier molecular flexibility index (Phi) is 15.0. The number of nitrogens with one attached hydrogen (secondary N) is 1. The molecule has 0 saturated heterocycles. The Morgan fingerprint density at radius 1 is 0.786 bits per heavy atom. The van der Waals surface area contributed by atoms with E-state index in [1.807, 2.05) is 0 Å². The number of rotatable bonds is 17. The first kappa shape index (κ1) is 24.3. The van der Waals surface area contributed by atoms with Crippen LogP contribution in [0.25, 0.3) is 0 Å². The summed E-state index contributed by atoms with van der Waals surface area (Å²) in [6.45, 7) is 2.99. The number of hydrogen-bond acceptors (Lipinski definition) is 2. The van der Waals surface area contributed by atoms with Crippen LogP contribution in [-0.2, 0) is 0 Å². The largest absolute Gasteiger partial charge is 0.508 e. The van der Waals surface area contributed by atoms with Crippen LogP contribution in [0.1, 0.15) is 107 Å². The van der Waals surface area contributed by atoms with Gasteiger partial charge < -0.3 is 10.4 Å². The first-order chi connectivity index (χ1) is 13.7. The van der Waals surface area contributed by atoms with Crippen LogP contribution >= 0.6 is 0 Å². The maximum Gasteiger partial charge on any atom is 0.251 e. The molecule has 0 bridgehead atoms. The average molecular weight is 388 g/mol. The van der Waals surface area contributed by atoms with Crippen LogP contribution in [0.3, 0.4) is 0 Å². The summed E-state index contributed by atoms with van der Waals surface area (Å²) in [7, 11) is 0. The van der Waals surface area contributed by atoms with Crippen LogP contribution in [0.15, 0.2) is 36.4 Å². The third kappa shape index (κ3) is 13.4. The van der Waals surface area contributed by atoms with Crippen LogP contribution < -0.4 is 5.32 Å². The molecule has 28 heavy (non-hydrogen) atoms. The number of allylic oxidation sites excluding steroid dienone is 2. The Balaban J connectivity index is 1.84. The van der Waals surface area contributed by atoms with Gasteiger partial charge in [-0.25, -0.2) is 0 Å². The Morgan fingerprint density at radius 3 is 1.86 bits per heavy atom. The van der Waals surface area contributed by atoms with Crippen molar-refractivity contribution in [2.45, 2.75) is 96.8 Å². The number of unbranched alkanes of at least 4 members (excludes halogenated alkanes) is 12. The van der Waals surface area contributed by atoms with E-state index in [4.69, 9.17) is 0 Å². The highest BCUT2D eigenvalue weighted by Crippen LogP contribution is 2.11. The summed E-state index contributed by atoms with van der Waals surface area (Å²) in [6, 6.07) is 6.37. The predicted octanol–water partition coefficient (Wildman–Crippen LogP) is 7.16. The standard InChI is InChI=1S/C25H41NO2/c1-2-3-4-5-6-7-8-9-10-11-12-13-14-15-16-17-22-26-25(28)23-18-20-24(27)21-19-23/h10-11,18-21,27H,2-9,12-17,22H2,1H3,(H,26,28)/b11-10+. The fourth-order valence-electron chi connectivity index (χ4n) is 3.29. The van der Waals surface area contributed by atoms with E-state index in [1.165, 1.54) is 89.2 Å². The fraction of sp³-hybridized carbons (Fsp3) is 0.640. The number of benzene rings is 1. The molecule has 3 nitrogen and oxygen atoms in total. The Labute approximate surface area is 172 Å². The minimum atomic E-state index is -0.0638. The van der Waals surface area contributed by atoms with Gasteiger partial charge in [-0.2, -0.15) is 0 Å². The van der Waals surface area contributed by atoms with Crippen LogP contribution in [-0.4, -0.2) is 17.6 Å². The summed E-state index contributed by atoms with van der Waals surface area (Å²) in [6.07, 6.45) is 22.8. The zero-order valence-electron chi connectivity index (χ0n) is 17.9. The smallest absolute Gasteiger partial charge is 0.251 e. The molecule has 0 aliphatic heterocycles. The molecule has 0 radical (unpaired) electrons. The predicted molar refractivity (Wildman–Crippen MR) is 120 cm³/mol. The van der Waals surface area contributed by atoms with Crippen molar-refractivity contribution in [1.29, 1.82) is 0 Å². The quantitative estimate of drug-likeness (QED) is 0.220. The first-order valence-electron chi connectivity index (χ1n) is 11.5. The van der Waals surface area contributed by atoms with Crippen molar-refractivity contribution in [3.8, 4) is 5.75 Å². The monoisotopic (exact) mass is 387 g/mol. The van der Waals surface area contributed by atoms with Crippen molar-refractivity contribution >= 4 is 5.91 Å². The van der Waals surface area contributed by atoms with Crippen LogP contribution in [0.4, 0.5) is 0 Å². The van der Waals surface area contributed by atoms with E-state index < -0.39 is 0 Å². The second-order valence-corrected chi connectivity index (χ2v) is 7.74. The maximum absolute atomic E-state index is 11.9. The maximum atomic E-state index is 11.9. The minimum Gasteiger partial charge on any atom is -0.508 e. The van der Waals surface area contributed by atoms with Gasteiger partial charge in [-0.15, -0.1) is 0 Å². The summed E-state index contributed by atoms with van der Waals surface area (Å²) < 4.78 is 0. The normalized spacial score (nSPS) is 11.2. The molecule has 0 unspecified atom stereocenters. The highest BCUT2D eigenvalue weighted by molar-refractivity contribution is 5.94. The first-order valence-corrected chi connectivity index (χ1v) is 11.5. The van der Waals surface area contributed by atoms with Crippen molar-refractivity contribution in [1.82, 2.24) is 5.32 Å². The Hall–Kier alpha value is -1.77. The number of carbonyl (C=O) groups excluding carboxylic acids is 1. The highest BCUT2D eigenvalue weighted by Gasteiger charge is 2.03. The lowest BCUT2D eigenvalue weighted by Gasteiger charge is -2.05.